The van der Waals surface area contributed by atoms with E-state index < -0.39 is 22.0 Å². The van der Waals surface area contributed by atoms with Crippen LogP contribution in [0.2, 0.25) is 5.02 Å². The average molecular weight is 469 g/mol. The molecule has 1 saturated heterocycles. The van der Waals surface area contributed by atoms with Crippen molar-refractivity contribution in [3.8, 4) is 17.2 Å². The van der Waals surface area contributed by atoms with Gasteiger partial charge in [0.05, 0.1) is 36.9 Å². The molecular formula is C21H25ClN2O6S. The van der Waals surface area contributed by atoms with Gasteiger partial charge in [0, 0.05) is 24.7 Å². The van der Waals surface area contributed by atoms with E-state index in [1.807, 2.05) is 0 Å². The Bertz CT molecular complexity index is 1090. The number of aryl methyl sites for hydroxylation is 1. The molecule has 1 aliphatic heterocycles. The Balaban J connectivity index is 1.91. The molecule has 0 spiro atoms. The summed E-state index contributed by atoms with van der Waals surface area (Å²) in [4.78, 5) is 13.2. The second kappa shape index (κ2) is 9.33. The predicted octanol–water partition coefficient (Wildman–Crippen LogP) is 3.47. The van der Waals surface area contributed by atoms with Crippen LogP contribution in [0.15, 0.2) is 35.2 Å². The van der Waals surface area contributed by atoms with Crippen LogP contribution in [0.1, 0.15) is 18.4 Å². The van der Waals surface area contributed by atoms with Crippen molar-refractivity contribution in [1.29, 1.82) is 0 Å². The number of methoxy groups -OCH3 is 3. The van der Waals surface area contributed by atoms with E-state index in [1.54, 1.807) is 25.1 Å². The first-order valence-corrected chi connectivity index (χ1v) is 11.4. The second-order valence-corrected chi connectivity index (χ2v) is 9.35. The molecule has 0 unspecified atom stereocenters. The molecule has 0 aliphatic carbocycles. The molecule has 10 heteroatoms. The van der Waals surface area contributed by atoms with E-state index in [-0.39, 0.29) is 11.4 Å². The van der Waals surface area contributed by atoms with Gasteiger partial charge < -0.3 is 19.5 Å². The number of hydrogen-bond donors (Lipinski definition) is 1. The number of nitrogens with zero attached hydrogens (tertiary/aromatic N) is 1. The van der Waals surface area contributed by atoms with Crippen LogP contribution in [0.3, 0.4) is 0 Å². The van der Waals surface area contributed by atoms with Gasteiger partial charge in [-0.15, -0.1) is 0 Å². The number of rotatable bonds is 7. The van der Waals surface area contributed by atoms with E-state index in [2.05, 4.69) is 5.32 Å². The molecule has 2 aromatic carbocycles. The number of nitrogens with one attached hydrogen (secondary N) is 1. The van der Waals surface area contributed by atoms with Crippen molar-refractivity contribution in [3.63, 3.8) is 0 Å². The molecule has 1 atom stereocenters. The molecule has 0 radical (unpaired) electrons. The fraction of sp³-hybridized carbons (Fsp3) is 0.381. The van der Waals surface area contributed by atoms with Gasteiger partial charge in [0.1, 0.15) is 23.3 Å². The van der Waals surface area contributed by atoms with Crippen LogP contribution in [0, 0.1) is 6.92 Å². The standard InChI is InChI=1S/C21H25ClN2O6S/c1-13-7-8-14(28-2)10-20(13)31(26,27)24-9-5-6-17(24)21(25)23-16-12-18(29-3)15(22)11-19(16)30-4/h7-8,10-12,17H,5-6,9H2,1-4H3,(H,23,25)/t17-/m1/s1. The van der Waals surface area contributed by atoms with Crippen LogP contribution in [0.4, 0.5) is 5.69 Å². The van der Waals surface area contributed by atoms with Crippen molar-refractivity contribution >= 4 is 33.2 Å². The summed E-state index contributed by atoms with van der Waals surface area (Å²) in [5.41, 5.74) is 0.923. The van der Waals surface area contributed by atoms with Gasteiger partial charge >= 0.3 is 0 Å². The maximum Gasteiger partial charge on any atom is 0.244 e. The first-order valence-electron chi connectivity index (χ1n) is 9.61. The quantitative estimate of drug-likeness (QED) is 0.668. The van der Waals surface area contributed by atoms with Crippen LogP contribution in [-0.2, 0) is 14.8 Å². The highest BCUT2D eigenvalue weighted by atomic mass is 35.5. The molecule has 1 aliphatic rings. The number of ether oxygens (including phenoxy) is 3. The van der Waals surface area contributed by atoms with Crippen LogP contribution in [0.25, 0.3) is 0 Å². The fourth-order valence-electron chi connectivity index (χ4n) is 3.58. The molecule has 0 bridgehead atoms. The lowest BCUT2D eigenvalue weighted by Gasteiger charge is -2.25. The Morgan fingerprint density at radius 2 is 1.81 bits per heavy atom. The predicted molar refractivity (Wildman–Crippen MR) is 118 cm³/mol. The first kappa shape index (κ1) is 23.2. The summed E-state index contributed by atoms with van der Waals surface area (Å²) in [6.07, 6.45) is 0.975. The Morgan fingerprint density at radius 1 is 1.10 bits per heavy atom. The van der Waals surface area contributed by atoms with Gasteiger partial charge in [-0.3, -0.25) is 4.79 Å². The topological polar surface area (TPSA) is 94.2 Å². The van der Waals surface area contributed by atoms with Crippen molar-refractivity contribution < 1.29 is 27.4 Å². The van der Waals surface area contributed by atoms with Gasteiger partial charge in [-0.1, -0.05) is 17.7 Å². The molecule has 1 N–H and O–H groups in total. The number of benzene rings is 2. The van der Waals surface area contributed by atoms with E-state index in [0.29, 0.717) is 46.4 Å². The minimum atomic E-state index is -3.91. The molecule has 3 rings (SSSR count). The molecule has 1 heterocycles. The largest absolute Gasteiger partial charge is 0.497 e. The summed E-state index contributed by atoms with van der Waals surface area (Å²) >= 11 is 6.12. The lowest BCUT2D eigenvalue weighted by Crippen LogP contribution is -2.43. The number of carbonyl (C=O) groups is 1. The molecular weight excluding hydrogens is 444 g/mol. The van der Waals surface area contributed by atoms with Crippen molar-refractivity contribution in [2.75, 3.05) is 33.2 Å². The Hall–Kier alpha value is -2.49. The zero-order valence-electron chi connectivity index (χ0n) is 17.8. The lowest BCUT2D eigenvalue weighted by molar-refractivity contribution is -0.119. The van der Waals surface area contributed by atoms with Gasteiger partial charge in [0.2, 0.25) is 15.9 Å². The molecule has 31 heavy (non-hydrogen) atoms. The van der Waals surface area contributed by atoms with Crippen molar-refractivity contribution in [2.45, 2.75) is 30.7 Å². The maximum absolute atomic E-state index is 13.4. The molecule has 168 valence electrons. The zero-order chi connectivity index (χ0) is 22.8. The molecule has 8 nitrogen and oxygen atoms in total. The molecule has 2 aromatic rings. The summed E-state index contributed by atoms with van der Waals surface area (Å²) < 4.78 is 43.7. The second-order valence-electron chi connectivity index (χ2n) is 7.08. The first-order chi connectivity index (χ1) is 14.7. The SMILES string of the molecule is COc1ccc(C)c(S(=O)(=O)N2CCC[C@@H]2C(=O)Nc2cc(OC)c(Cl)cc2OC)c1. The average Bonchev–Trinajstić information content (AvgIpc) is 3.26. The van der Waals surface area contributed by atoms with Gasteiger partial charge in [0.15, 0.2) is 0 Å². The fourth-order valence-corrected chi connectivity index (χ4v) is 5.70. The van der Waals surface area contributed by atoms with Gasteiger partial charge in [0.25, 0.3) is 0 Å². The van der Waals surface area contributed by atoms with Crippen LogP contribution in [-0.4, -0.2) is 52.5 Å². The van der Waals surface area contributed by atoms with E-state index in [4.69, 9.17) is 25.8 Å². The highest BCUT2D eigenvalue weighted by Gasteiger charge is 2.40. The minimum Gasteiger partial charge on any atom is -0.497 e. The number of halogens is 1. The van der Waals surface area contributed by atoms with Crippen molar-refractivity contribution in [1.82, 2.24) is 4.31 Å². The van der Waals surface area contributed by atoms with E-state index in [1.165, 1.54) is 37.8 Å². The van der Waals surface area contributed by atoms with Crippen molar-refractivity contribution in [3.05, 3.63) is 40.9 Å². The minimum absolute atomic E-state index is 0.122. The van der Waals surface area contributed by atoms with Gasteiger partial charge in [-0.25, -0.2) is 8.42 Å². The summed E-state index contributed by atoms with van der Waals surface area (Å²) in [6, 6.07) is 7.06. The van der Waals surface area contributed by atoms with Crippen LogP contribution in [0.5, 0.6) is 17.2 Å². The number of carbonyl (C=O) groups excluding carboxylic acids is 1. The third-order valence-corrected chi connectivity index (χ3v) is 7.57. The monoisotopic (exact) mass is 468 g/mol. The third kappa shape index (κ3) is 4.58. The highest BCUT2D eigenvalue weighted by Crippen LogP contribution is 2.37. The van der Waals surface area contributed by atoms with Crippen molar-refractivity contribution in [2.24, 2.45) is 0 Å². The van der Waals surface area contributed by atoms with E-state index >= 15 is 0 Å². The Morgan fingerprint density at radius 3 is 2.45 bits per heavy atom. The van der Waals surface area contributed by atoms with Crippen LogP contribution >= 0.6 is 11.6 Å². The van der Waals surface area contributed by atoms with Gasteiger partial charge in [-0.2, -0.15) is 4.31 Å². The highest BCUT2D eigenvalue weighted by molar-refractivity contribution is 7.89. The number of sulfonamides is 1. The summed E-state index contributed by atoms with van der Waals surface area (Å²) in [6.45, 7) is 1.96. The molecule has 0 aromatic heterocycles. The van der Waals surface area contributed by atoms with Gasteiger partial charge in [-0.05, 0) is 31.4 Å². The summed E-state index contributed by atoms with van der Waals surface area (Å²) in [7, 11) is 0.474. The normalized spacial score (nSPS) is 16.7. The molecule has 1 fully saturated rings. The summed E-state index contributed by atoms with van der Waals surface area (Å²) in [5, 5.41) is 3.09. The molecule has 0 saturated carbocycles. The maximum atomic E-state index is 13.4. The number of hydrogen-bond acceptors (Lipinski definition) is 6. The lowest BCUT2D eigenvalue weighted by atomic mass is 10.2. The number of amides is 1. The van der Waals surface area contributed by atoms with E-state index in [9.17, 15) is 13.2 Å². The summed E-state index contributed by atoms with van der Waals surface area (Å²) in [5.74, 6) is 0.683. The Kier molecular flexibility index (Phi) is 6.98. The molecule has 1 amide bonds. The smallest absolute Gasteiger partial charge is 0.244 e. The number of anilines is 1. The third-order valence-electron chi connectivity index (χ3n) is 5.22. The Labute approximate surface area is 187 Å². The zero-order valence-corrected chi connectivity index (χ0v) is 19.3. The van der Waals surface area contributed by atoms with E-state index in [0.717, 1.165) is 0 Å². The van der Waals surface area contributed by atoms with Crippen LogP contribution < -0.4 is 19.5 Å².